The van der Waals surface area contributed by atoms with E-state index in [-0.39, 0.29) is 17.1 Å². The largest absolute Gasteiger partial charge is 0.469 e. The summed E-state index contributed by atoms with van der Waals surface area (Å²) in [5, 5.41) is 0. The van der Waals surface area contributed by atoms with Gasteiger partial charge >= 0.3 is 17.6 Å². The van der Waals surface area contributed by atoms with Crippen LogP contribution in [0.3, 0.4) is 0 Å². The van der Waals surface area contributed by atoms with Crippen molar-refractivity contribution in [3.8, 4) is 0 Å². The molecule has 13 heteroatoms. The number of carbonyl (C=O) groups excluding carboxylic acids is 2. The summed E-state index contributed by atoms with van der Waals surface area (Å²) in [6, 6.07) is 0. The van der Waals surface area contributed by atoms with Crippen molar-refractivity contribution in [2.75, 3.05) is 12.8 Å². The number of aromatic amines is 2. The number of methoxy groups -OCH3 is 1. The number of hydrogen-bond acceptors (Lipinski definition) is 9. The number of H-pyrrole nitrogens is 2. The standard InChI is InChI=1S/C14H16FN5O7/c1-4(21)26-9-7(15)5(3-6(22)25-2)27-12(9)20-10-8(17-14(20)24)11(23)19-13(16)18-10/h5,7,9,12H,3H2,1-2H3,(H,17,24)(H3,16,18,19,23)/t5-,7-,9-,12-/m1/s1. The van der Waals surface area contributed by atoms with E-state index in [9.17, 15) is 23.6 Å². The SMILES string of the molecule is COC(=O)C[C@H]1O[C@@H](n2c(=O)[nH]c3c(=O)[nH]c(N)nc32)[C@H](OC(C)=O)[C@@H]1F. The Morgan fingerprint density at radius 1 is 1.37 bits per heavy atom. The van der Waals surface area contributed by atoms with Crippen LogP contribution in [0, 0.1) is 0 Å². The van der Waals surface area contributed by atoms with Crippen LogP contribution in [-0.2, 0) is 23.8 Å². The number of nitrogens with one attached hydrogen (secondary N) is 2. The molecular weight excluding hydrogens is 369 g/mol. The summed E-state index contributed by atoms with van der Waals surface area (Å²) in [5.41, 5.74) is 3.48. The van der Waals surface area contributed by atoms with Crippen molar-refractivity contribution in [1.29, 1.82) is 0 Å². The molecule has 1 saturated heterocycles. The fraction of sp³-hybridized carbons (Fsp3) is 0.500. The van der Waals surface area contributed by atoms with Gasteiger partial charge in [-0.2, -0.15) is 4.98 Å². The summed E-state index contributed by atoms with van der Waals surface area (Å²) in [7, 11) is 1.12. The third-order valence-electron chi connectivity index (χ3n) is 4.01. The number of halogens is 1. The Labute approximate surface area is 149 Å². The Morgan fingerprint density at radius 3 is 2.70 bits per heavy atom. The first-order chi connectivity index (χ1) is 12.7. The molecule has 0 radical (unpaired) electrons. The van der Waals surface area contributed by atoms with Gasteiger partial charge in [-0.15, -0.1) is 0 Å². The minimum absolute atomic E-state index is 0.214. The summed E-state index contributed by atoms with van der Waals surface area (Å²) in [4.78, 5) is 55.5. The van der Waals surface area contributed by atoms with Crippen LogP contribution < -0.4 is 17.0 Å². The predicted molar refractivity (Wildman–Crippen MR) is 86.4 cm³/mol. The van der Waals surface area contributed by atoms with Crippen LogP contribution in [-0.4, -0.2) is 56.9 Å². The van der Waals surface area contributed by atoms with Crippen molar-refractivity contribution in [1.82, 2.24) is 19.5 Å². The maximum atomic E-state index is 14.8. The number of anilines is 1. The Morgan fingerprint density at radius 2 is 2.07 bits per heavy atom. The second-order valence-corrected chi connectivity index (χ2v) is 5.81. The summed E-state index contributed by atoms with van der Waals surface area (Å²) >= 11 is 0. The average molecular weight is 385 g/mol. The zero-order valence-electron chi connectivity index (χ0n) is 14.2. The first-order valence-electron chi connectivity index (χ1n) is 7.76. The molecule has 0 aliphatic carbocycles. The van der Waals surface area contributed by atoms with Gasteiger partial charge in [0.2, 0.25) is 5.95 Å². The molecule has 12 nitrogen and oxygen atoms in total. The Balaban J connectivity index is 2.10. The lowest BCUT2D eigenvalue weighted by Gasteiger charge is -2.19. The highest BCUT2D eigenvalue weighted by Crippen LogP contribution is 2.35. The second-order valence-electron chi connectivity index (χ2n) is 5.81. The molecule has 3 heterocycles. The van der Waals surface area contributed by atoms with Crippen LogP contribution in [0.5, 0.6) is 0 Å². The molecule has 1 fully saturated rings. The third kappa shape index (κ3) is 3.28. The van der Waals surface area contributed by atoms with Crippen molar-refractivity contribution in [3.63, 3.8) is 0 Å². The minimum atomic E-state index is -1.94. The molecular formula is C14H16FN5O7. The molecule has 0 bridgehead atoms. The zero-order chi connectivity index (χ0) is 19.9. The lowest BCUT2D eigenvalue weighted by Crippen LogP contribution is -2.36. The van der Waals surface area contributed by atoms with E-state index in [0.29, 0.717) is 0 Å². The first-order valence-corrected chi connectivity index (χ1v) is 7.76. The maximum absolute atomic E-state index is 14.8. The molecule has 3 rings (SSSR count). The molecule has 0 aromatic carbocycles. The number of nitrogens with two attached hydrogens (primary N) is 1. The number of esters is 2. The highest BCUT2D eigenvalue weighted by molar-refractivity contribution is 5.71. The van der Waals surface area contributed by atoms with Gasteiger partial charge in [-0.1, -0.05) is 0 Å². The summed E-state index contributed by atoms with van der Waals surface area (Å²) in [6.07, 6.45) is -6.79. The van der Waals surface area contributed by atoms with Gasteiger partial charge in [-0.05, 0) is 0 Å². The highest BCUT2D eigenvalue weighted by Gasteiger charge is 2.50. The molecule has 0 spiro atoms. The van der Waals surface area contributed by atoms with E-state index < -0.39 is 54.2 Å². The number of nitrogens with zero attached hydrogens (tertiary/aromatic N) is 2. The number of rotatable bonds is 4. The quantitative estimate of drug-likeness (QED) is 0.542. The number of carbonyl (C=O) groups is 2. The number of ether oxygens (including phenoxy) is 3. The average Bonchev–Trinajstić information content (AvgIpc) is 3.05. The van der Waals surface area contributed by atoms with Gasteiger partial charge in [-0.25, -0.2) is 13.8 Å². The van der Waals surface area contributed by atoms with Crippen LogP contribution >= 0.6 is 0 Å². The zero-order valence-corrected chi connectivity index (χ0v) is 14.2. The maximum Gasteiger partial charge on any atom is 0.330 e. The van der Waals surface area contributed by atoms with Crippen LogP contribution in [0.25, 0.3) is 11.2 Å². The normalized spacial score (nSPS) is 24.9. The number of nitrogen functional groups attached to an aromatic ring is 1. The van der Waals surface area contributed by atoms with Gasteiger partial charge in [0.25, 0.3) is 5.56 Å². The first kappa shape index (κ1) is 18.6. The van der Waals surface area contributed by atoms with Crippen molar-refractivity contribution < 1.29 is 28.2 Å². The van der Waals surface area contributed by atoms with E-state index in [2.05, 4.69) is 19.7 Å². The van der Waals surface area contributed by atoms with E-state index in [1.54, 1.807) is 0 Å². The van der Waals surface area contributed by atoms with Gasteiger partial charge in [0.1, 0.15) is 6.10 Å². The minimum Gasteiger partial charge on any atom is -0.469 e. The molecule has 4 N–H and O–H groups in total. The molecule has 4 atom stereocenters. The molecule has 1 aliphatic heterocycles. The summed E-state index contributed by atoms with van der Waals surface area (Å²) < 4.78 is 30.5. The number of alkyl halides is 1. The molecule has 0 unspecified atom stereocenters. The molecule has 0 saturated carbocycles. The molecule has 27 heavy (non-hydrogen) atoms. The highest BCUT2D eigenvalue weighted by atomic mass is 19.1. The van der Waals surface area contributed by atoms with Crippen LogP contribution in [0.15, 0.2) is 9.59 Å². The van der Waals surface area contributed by atoms with E-state index in [4.69, 9.17) is 15.2 Å². The number of aromatic nitrogens is 4. The third-order valence-corrected chi connectivity index (χ3v) is 4.01. The summed E-state index contributed by atoms with van der Waals surface area (Å²) in [6.45, 7) is 1.05. The smallest absolute Gasteiger partial charge is 0.330 e. The van der Waals surface area contributed by atoms with Crippen LogP contribution in [0.4, 0.5) is 10.3 Å². The van der Waals surface area contributed by atoms with Crippen molar-refractivity contribution in [3.05, 3.63) is 20.8 Å². The van der Waals surface area contributed by atoms with E-state index in [0.717, 1.165) is 18.6 Å². The molecule has 2 aromatic rings. The molecule has 146 valence electrons. The van der Waals surface area contributed by atoms with Crippen LogP contribution in [0.2, 0.25) is 0 Å². The van der Waals surface area contributed by atoms with Crippen molar-refractivity contribution >= 4 is 29.1 Å². The Hall–Kier alpha value is -3.22. The van der Waals surface area contributed by atoms with Crippen molar-refractivity contribution in [2.45, 2.75) is 38.0 Å². The van der Waals surface area contributed by atoms with Crippen molar-refractivity contribution in [2.24, 2.45) is 0 Å². The fourth-order valence-corrected chi connectivity index (χ4v) is 2.90. The molecule has 0 amide bonds. The number of hydrogen-bond donors (Lipinski definition) is 3. The molecule has 2 aromatic heterocycles. The van der Waals surface area contributed by atoms with Gasteiger partial charge in [0.15, 0.2) is 29.7 Å². The van der Waals surface area contributed by atoms with E-state index >= 15 is 0 Å². The van der Waals surface area contributed by atoms with E-state index in [1.165, 1.54) is 0 Å². The predicted octanol–water partition coefficient (Wildman–Crippen LogP) is -1.27. The lowest BCUT2D eigenvalue weighted by molar-refractivity contribution is -0.154. The van der Waals surface area contributed by atoms with Crippen LogP contribution in [0.1, 0.15) is 19.6 Å². The Kier molecular flexibility index (Phi) is 4.70. The topological polar surface area (TPSA) is 171 Å². The second kappa shape index (κ2) is 6.83. The number of imidazole rings is 1. The Bertz CT molecular complexity index is 1010. The van der Waals surface area contributed by atoms with Gasteiger partial charge in [-0.3, -0.25) is 24.4 Å². The van der Waals surface area contributed by atoms with Gasteiger partial charge in [0.05, 0.1) is 13.5 Å². The summed E-state index contributed by atoms with van der Waals surface area (Å²) in [5.74, 6) is -1.87. The van der Waals surface area contributed by atoms with Gasteiger partial charge < -0.3 is 19.9 Å². The van der Waals surface area contributed by atoms with E-state index in [1.807, 2.05) is 0 Å². The lowest BCUT2D eigenvalue weighted by atomic mass is 10.1. The number of fused-ring (bicyclic) bond motifs is 1. The fourth-order valence-electron chi connectivity index (χ4n) is 2.90. The van der Waals surface area contributed by atoms with Gasteiger partial charge in [0, 0.05) is 6.92 Å². The molecule has 1 aliphatic rings. The monoisotopic (exact) mass is 385 g/mol.